The molecule has 2 aliphatic rings. The van der Waals surface area contributed by atoms with Gasteiger partial charge in [0.15, 0.2) is 11.5 Å². The van der Waals surface area contributed by atoms with E-state index in [4.69, 9.17) is 14.2 Å². The predicted octanol–water partition coefficient (Wildman–Crippen LogP) is 3.14. The molecular formula is C21H28N4O4. The highest BCUT2D eigenvalue weighted by atomic mass is 16.6. The molecule has 2 heterocycles. The molecule has 1 aliphatic heterocycles. The maximum absolute atomic E-state index is 11.9. The number of fused-ring (bicyclic) bond motifs is 1. The molecule has 29 heavy (non-hydrogen) atoms. The molecule has 0 unspecified atom stereocenters. The van der Waals surface area contributed by atoms with Gasteiger partial charge in [0.2, 0.25) is 0 Å². The Bertz CT molecular complexity index is 926. The molecule has 2 aromatic rings. The molecule has 4 rings (SSSR count). The van der Waals surface area contributed by atoms with Gasteiger partial charge < -0.3 is 24.4 Å². The number of ether oxygens (including phenoxy) is 3. The molecule has 0 radical (unpaired) electrons. The molecule has 8 heteroatoms. The van der Waals surface area contributed by atoms with Gasteiger partial charge in [-0.05, 0) is 39.7 Å². The lowest BCUT2D eigenvalue weighted by molar-refractivity contribution is 0.0214. The maximum Gasteiger partial charge on any atom is 0.407 e. The molecule has 1 N–H and O–H groups in total. The summed E-state index contributed by atoms with van der Waals surface area (Å²) in [5, 5.41) is 3.92. The van der Waals surface area contributed by atoms with Crippen molar-refractivity contribution in [1.29, 1.82) is 0 Å². The van der Waals surface area contributed by atoms with Crippen LogP contribution in [0.5, 0.6) is 11.5 Å². The zero-order chi connectivity index (χ0) is 20.8. The van der Waals surface area contributed by atoms with E-state index in [1.165, 1.54) is 0 Å². The number of aromatic nitrogens is 2. The van der Waals surface area contributed by atoms with Crippen molar-refractivity contribution in [3.05, 3.63) is 18.5 Å². The Hall–Kier alpha value is -2.77. The minimum absolute atomic E-state index is 0.179. The van der Waals surface area contributed by atoms with Crippen LogP contribution in [0.1, 0.15) is 33.6 Å². The van der Waals surface area contributed by atoms with Crippen molar-refractivity contribution >= 4 is 22.8 Å². The van der Waals surface area contributed by atoms with E-state index in [2.05, 4.69) is 20.2 Å². The van der Waals surface area contributed by atoms with Gasteiger partial charge in [0.25, 0.3) is 0 Å². The third kappa shape index (κ3) is 3.75. The summed E-state index contributed by atoms with van der Waals surface area (Å²) in [6, 6.07) is 3.99. The van der Waals surface area contributed by atoms with E-state index in [0.29, 0.717) is 11.5 Å². The van der Waals surface area contributed by atoms with Crippen LogP contribution in [0.3, 0.4) is 0 Å². The number of hydrogen-bond acceptors (Lipinski definition) is 7. The van der Waals surface area contributed by atoms with Crippen LogP contribution in [0, 0.1) is 5.41 Å². The predicted molar refractivity (Wildman–Crippen MR) is 110 cm³/mol. The number of rotatable bonds is 4. The second-order valence-electron chi connectivity index (χ2n) is 9.03. The van der Waals surface area contributed by atoms with Crippen molar-refractivity contribution in [2.45, 2.75) is 45.3 Å². The Morgan fingerprint density at radius 1 is 1.14 bits per heavy atom. The Labute approximate surface area is 170 Å². The fourth-order valence-electron chi connectivity index (χ4n) is 4.35. The van der Waals surface area contributed by atoms with Crippen molar-refractivity contribution in [2.75, 3.05) is 32.2 Å². The first-order valence-electron chi connectivity index (χ1n) is 9.83. The molecule has 1 aromatic heterocycles. The van der Waals surface area contributed by atoms with Gasteiger partial charge in [0.05, 0.1) is 19.7 Å². The fraction of sp³-hybridized carbons (Fsp3) is 0.571. The van der Waals surface area contributed by atoms with E-state index in [1.54, 1.807) is 20.5 Å². The second kappa shape index (κ2) is 6.93. The molecule has 156 valence electrons. The van der Waals surface area contributed by atoms with Gasteiger partial charge in [-0.15, -0.1) is 0 Å². The summed E-state index contributed by atoms with van der Waals surface area (Å²) in [5.74, 6) is 2.22. The summed E-state index contributed by atoms with van der Waals surface area (Å²) in [4.78, 5) is 23.1. The number of amides is 1. The van der Waals surface area contributed by atoms with Crippen LogP contribution in [0.4, 0.5) is 10.6 Å². The minimum Gasteiger partial charge on any atom is -0.493 e. The summed E-state index contributed by atoms with van der Waals surface area (Å²) in [7, 11) is 3.24. The second-order valence-corrected chi connectivity index (χ2v) is 9.03. The number of methoxy groups -OCH3 is 2. The highest BCUT2D eigenvalue weighted by molar-refractivity contribution is 5.92. The summed E-state index contributed by atoms with van der Waals surface area (Å²) in [6.45, 7) is 7.44. The molecule has 0 atom stereocenters. The van der Waals surface area contributed by atoms with Gasteiger partial charge in [0.1, 0.15) is 17.7 Å². The molecule has 1 aromatic carbocycles. The monoisotopic (exact) mass is 400 g/mol. The van der Waals surface area contributed by atoms with Gasteiger partial charge >= 0.3 is 6.09 Å². The lowest BCUT2D eigenvalue weighted by atomic mass is 9.60. The fourth-order valence-corrected chi connectivity index (χ4v) is 4.35. The Morgan fingerprint density at radius 3 is 2.41 bits per heavy atom. The molecule has 0 bridgehead atoms. The van der Waals surface area contributed by atoms with E-state index < -0.39 is 5.60 Å². The quantitative estimate of drug-likeness (QED) is 0.844. The summed E-state index contributed by atoms with van der Waals surface area (Å²) in [6.07, 6.45) is 3.17. The number of carbonyl (C=O) groups is 1. The summed E-state index contributed by atoms with van der Waals surface area (Å²) in [5.41, 5.74) is 0.594. The molecule has 1 amide bonds. The number of nitrogens with one attached hydrogen (secondary N) is 1. The first kappa shape index (κ1) is 19.5. The van der Waals surface area contributed by atoms with Crippen molar-refractivity contribution < 1.29 is 19.0 Å². The number of nitrogens with zero attached hydrogens (tertiary/aromatic N) is 3. The maximum atomic E-state index is 11.9. The van der Waals surface area contributed by atoms with Crippen LogP contribution < -0.4 is 19.7 Å². The van der Waals surface area contributed by atoms with Crippen molar-refractivity contribution in [3.63, 3.8) is 0 Å². The van der Waals surface area contributed by atoms with E-state index in [0.717, 1.165) is 42.7 Å². The molecule has 1 saturated carbocycles. The first-order chi connectivity index (χ1) is 13.7. The standard InChI is InChI=1S/C21H28N4O4/c1-20(2,3)29-19(26)24-13-8-21(9-13)10-25(11-21)18-14-6-16(27-4)17(28-5)7-15(14)22-12-23-18/h6-7,12-13H,8-11H2,1-5H3,(H,24,26). The normalized spacial score (nSPS) is 18.2. The third-order valence-corrected chi connectivity index (χ3v) is 5.55. The Balaban J connectivity index is 1.41. The lowest BCUT2D eigenvalue weighted by Gasteiger charge is -2.59. The zero-order valence-corrected chi connectivity index (χ0v) is 17.6. The zero-order valence-electron chi connectivity index (χ0n) is 17.6. The number of carbonyl (C=O) groups excluding carboxylic acids is 1. The number of alkyl carbamates (subject to hydrolysis) is 1. The van der Waals surface area contributed by atoms with Crippen molar-refractivity contribution in [1.82, 2.24) is 15.3 Å². The third-order valence-electron chi connectivity index (χ3n) is 5.55. The largest absolute Gasteiger partial charge is 0.493 e. The highest BCUT2D eigenvalue weighted by Crippen LogP contribution is 2.50. The average molecular weight is 400 g/mol. The van der Waals surface area contributed by atoms with Crippen LogP contribution in [-0.2, 0) is 4.74 Å². The van der Waals surface area contributed by atoms with Crippen LogP contribution in [0.15, 0.2) is 18.5 Å². The van der Waals surface area contributed by atoms with Gasteiger partial charge in [-0.1, -0.05) is 0 Å². The van der Waals surface area contributed by atoms with E-state index in [9.17, 15) is 4.79 Å². The Morgan fingerprint density at radius 2 is 1.79 bits per heavy atom. The minimum atomic E-state index is -0.476. The van der Waals surface area contributed by atoms with E-state index in [1.807, 2.05) is 32.9 Å². The van der Waals surface area contributed by atoms with Gasteiger partial charge in [-0.25, -0.2) is 14.8 Å². The van der Waals surface area contributed by atoms with Gasteiger partial charge in [-0.3, -0.25) is 0 Å². The molecular weight excluding hydrogens is 372 g/mol. The number of anilines is 1. The summed E-state index contributed by atoms with van der Waals surface area (Å²) >= 11 is 0. The van der Waals surface area contributed by atoms with Crippen LogP contribution in [-0.4, -0.2) is 55.0 Å². The highest BCUT2D eigenvalue weighted by Gasteiger charge is 2.53. The SMILES string of the molecule is COc1cc2ncnc(N3CC4(CC(NC(=O)OC(C)(C)C)C4)C3)c2cc1OC. The topological polar surface area (TPSA) is 85.8 Å². The molecule has 2 fully saturated rings. The van der Waals surface area contributed by atoms with E-state index in [-0.39, 0.29) is 17.6 Å². The van der Waals surface area contributed by atoms with Crippen LogP contribution in [0.2, 0.25) is 0 Å². The smallest absolute Gasteiger partial charge is 0.407 e. The number of benzene rings is 1. The van der Waals surface area contributed by atoms with Crippen molar-refractivity contribution in [3.8, 4) is 11.5 Å². The Kier molecular flexibility index (Phi) is 4.67. The van der Waals surface area contributed by atoms with Crippen molar-refractivity contribution in [2.24, 2.45) is 5.41 Å². The average Bonchev–Trinajstić information content (AvgIpc) is 2.59. The molecule has 1 aliphatic carbocycles. The van der Waals surface area contributed by atoms with Gasteiger partial charge in [-0.2, -0.15) is 0 Å². The molecule has 1 spiro atoms. The summed E-state index contributed by atoms with van der Waals surface area (Å²) < 4.78 is 16.2. The van der Waals surface area contributed by atoms with E-state index >= 15 is 0 Å². The molecule has 8 nitrogen and oxygen atoms in total. The molecule has 1 saturated heterocycles. The van der Waals surface area contributed by atoms with Crippen LogP contribution >= 0.6 is 0 Å². The van der Waals surface area contributed by atoms with Crippen LogP contribution in [0.25, 0.3) is 10.9 Å². The lowest BCUT2D eigenvalue weighted by Crippen LogP contribution is -2.67. The first-order valence-corrected chi connectivity index (χ1v) is 9.83. The van der Waals surface area contributed by atoms with Gasteiger partial charge in [0, 0.05) is 36.0 Å². The number of hydrogen-bond donors (Lipinski definition) is 1.